The van der Waals surface area contributed by atoms with E-state index in [4.69, 9.17) is 23.8 Å². The molecule has 3 aromatic heterocycles. The highest BCUT2D eigenvalue weighted by atomic mass is 16.3. The van der Waals surface area contributed by atoms with Gasteiger partial charge < -0.3 is 8.83 Å². The summed E-state index contributed by atoms with van der Waals surface area (Å²) in [6, 6.07) is 48.5. The number of hydrogen-bond acceptors (Lipinski definition) is 5. The zero-order valence-corrected chi connectivity index (χ0v) is 26.5. The molecule has 6 heteroatoms. The fourth-order valence-corrected chi connectivity index (χ4v) is 6.51. The Kier molecular flexibility index (Phi) is 6.91. The third kappa shape index (κ3) is 4.98. The number of benzene rings is 6. The lowest BCUT2D eigenvalue weighted by molar-refractivity contribution is 0.668. The molecule has 49 heavy (non-hydrogen) atoms. The minimum absolute atomic E-state index is 0.631. The average Bonchev–Trinajstić information content (AvgIpc) is 3.75. The summed E-state index contributed by atoms with van der Waals surface area (Å²) in [5, 5.41) is 4.95. The normalized spacial score (nSPS) is 12.8. The van der Waals surface area contributed by atoms with Gasteiger partial charge in [0.1, 0.15) is 22.3 Å². The largest absolute Gasteiger partial charge is 0.455 e. The lowest BCUT2D eigenvalue weighted by atomic mass is 10.0. The first kappa shape index (κ1) is 28.6. The Balaban J connectivity index is 1.22. The van der Waals surface area contributed by atoms with Crippen LogP contribution in [-0.2, 0) is 0 Å². The molecule has 0 N–H and O–H groups in total. The number of rotatable bonds is 5. The van der Waals surface area contributed by atoms with Crippen molar-refractivity contribution >= 4 is 78.2 Å². The number of hydrogen-bond donors (Lipinski definition) is 0. The maximum atomic E-state index is 6.55. The molecule has 6 nitrogen and oxygen atoms in total. The molecule has 0 bridgehead atoms. The smallest absolute Gasteiger partial charge is 0.161 e. The molecule has 9 rings (SSSR count). The van der Waals surface area contributed by atoms with Gasteiger partial charge in [0.15, 0.2) is 11.4 Å². The number of aromatic nitrogens is 1. The highest BCUT2D eigenvalue weighted by molar-refractivity contribution is 6.41. The van der Waals surface area contributed by atoms with Crippen molar-refractivity contribution < 1.29 is 8.83 Å². The summed E-state index contributed by atoms with van der Waals surface area (Å²) in [5.74, 6) is 0.631. The second kappa shape index (κ2) is 11.9. The number of nitrogens with zero attached hydrogens (tertiary/aromatic N) is 4. The minimum atomic E-state index is 0.631. The lowest BCUT2D eigenvalue weighted by Gasteiger charge is -2.08. The molecular weight excluding hydrogens is 604 g/mol. The Hall–Kier alpha value is -6.66. The van der Waals surface area contributed by atoms with Crippen LogP contribution in [0, 0.1) is 0 Å². The summed E-state index contributed by atoms with van der Waals surface area (Å²) < 4.78 is 13.0. The van der Waals surface area contributed by atoms with Gasteiger partial charge in [-0.1, -0.05) is 109 Å². The summed E-state index contributed by atoms with van der Waals surface area (Å²) in [6.45, 7) is 0. The van der Waals surface area contributed by atoms with Gasteiger partial charge in [0, 0.05) is 45.3 Å². The van der Waals surface area contributed by atoms with Gasteiger partial charge in [0.25, 0.3) is 0 Å². The van der Waals surface area contributed by atoms with Crippen molar-refractivity contribution in [3.8, 4) is 11.3 Å². The molecule has 232 valence electrons. The summed E-state index contributed by atoms with van der Waals surface area (Å²) in [5.41, 5.74) is 8.98. The van der Waals surface area contributed by atoms with E-state index in [0.29, 0.717) is 11.5 Å². The van der Waals surface area contributed by atoms with Crippen molar-refractivity contribution in [1.82, 2.24) is 4.98 Å². The van der Waals surface area contributed by atoms with Crippen LogP contribution in [0.25, 0.3) is 66.0 Å². The summed E-state index contributed by atoms with van der Waals surface area (Å²) in [6.07, 6.45) is 1.80. The van der Waals surface area contributed by atoms with Crippen molar-refractivity contribution in [2.75, 3.05) is 7.05 Å². The SMILES string of the molecule is C\N=C(/N=C(\C=N\c1cccc(-c2nc3c(ccc4c5ccccc5oc43)c3oc4ccccc4c23)c1)c1ccccc1)c1ccccc1. The summed E-state index contributed by atoms with van der Waals surface area (Å²) in [4.78, 5) is 19.7. The molecule has 0 saturated carbocycles. The number of pyridine rings is 1. The number of para-hydroxylation sites is 2. The maximum Gasteiger partial charge on any atom is 0.161 e. The number of aliphatic imine (C=N–C) groups is 3. The van der Waals surface area contributed by atoms with Gasteiger partial charge in [-0.25, -0.2) is 9.98 Å². The van der Waals surface area contributed by atoms with Gasteiger partial charge in [0.05, 0.1) is 28.7 Å². The molecule has 0 aliphatic heterocycles. The minimum Gasteiger partial charge on any atom is -0.455 e. The molecule has 9 aromatic rings. The number of furan rings is 2. The Morgan fingerprint density at radius 3 is 2.02 bits per heavy atom. The third-order valence-corrected chi connectivity index (χ3v) is 8.82. The number of amidine groups is 1. The first-order valence-corrected chi connectivity index (χ1v) is 16.1. The topological polar surface area (TPSA) is 76.2 Å². The Labute approximate surface area is 281 Å². The Morgan fingerprint density at radius 2 is 1.24 bits per heavy atom. The van der Waals surface area contributed by atoms with E-state index in [1.807, 2.05) is 109 Å². The first-order valence-electron chi connectivity index (χ1n) is 16.1. The molecule has 0 aliphatic carbocycles. The van der Waals surface area contributed by atoms with Crippen molar-refractivity contribution in [2.24, 2.45) is 15.0 Å². The molecule has 0 radical (unpaired) electrons. The van der Waals surface area contributed by atoms with E-state index in [1.165, 1.54) is 0 Å². The van der Waals surface area contributed by atoms with E-state index in [9.17, 15) is 0 Å². The van der Waals surface area contributed by atoms with Crippen LogP contribution in [0.1, 0.15) is 11.1 Å². The summed E-state index contributed by atoms with van der Waals surface area (Å²) in [7, 11) is 1.76. The van der Waals surface area contributed by atoms with Crippen LogP contribution in [0.3, 0.4) is 0 Å². The first-order chi connectivity index (χ1) is 24.2. The van der Waals surface area contributed by atoms with Gasteiger partial charge in [0.2, 0.25) is 0 Å². The highest BCUT2D eigenvalue weighted by Gasteiger charge is 2.21. The van der Waals surface area contributed by atoms with E-state index < -0.39 is 0 Å². The van der Waals surface area contributed by atoms with Gasteiger partial charge >= 0.3 is 0 Å². The maximum absolute atomic E-state index is 6.55. The van der Waals surface area contributed by atoms with E-state index in [0.717, 1.165) is 82.9 Å². The van der Waals surface area contributed by atoms with E-state index in [1.54, 1.807) is 13.3 Å². The van der Waals surface area contributed by atoms with Crippen LogP contribution in [0.15, 0.2) is 169 Å². The lowest BCUT2D eigenvalue weighted by Crippen LogP contribution is -2.08. The molecule has 0 fully saturated rings. The Bertz CT molecular complexity index is 2770. The molecule has 6 aromatic carbocycles. The second-order valence-corrected chi connectivity index (χ2v) is 11.8. The Morgan fingerprint density at radius 1 is 0.592 bits per heavy atom. The van der Waals surface area contributed by atoms with Gasteiger partial charge in [-0.2, -0.15) is 0 Å². The van der Waals surface area contributed by atoms with E-state index in [2.05, 4.69) is 41.4 Å². The van der Waals surface area contributed by atoms with Gasteiger partial charge in [-0.15, -0.1) is 0 Å². The predicted octanol–water partition coefficient (Wildman–Crippen LogP) is 11.0. The average molecular weight is 633 g/mol. The van der Waals surface area contributed by atoms with E-state index >= 15 is 0 Å². The second-order valence-electron chi connectivity index (χ2n) is 11.8. The van der Waals surface area contributed by atoms with Crippen molar-refractivity contribution in [2.45, 2.75) is 0 Å². The highest BCUT2D eigenvalue weighted by Crippen LogP contribution is 2.43. The van der Waals surface area contributed by atoms with Crippen molar-refractivity contribution in [3.63, 3.8) is 0 Å². The van der Waals surface area contributed by atoms with E-state index in [-0.39, 0.29) is 0 Å². The van der Waals surface area contributed by atoms with Crippen molar-refractivity contribution in [3.05, 3.63) is 157 Å². The molecular formula is C43H28N4O2. The predicted molar refractivity (Wildman–Crippen MR) is 202 cm³/mol. The van der Waals surface area contributed by atoms with Crippen LogP contribution >= 0.6 is 0 Å². The van der Waals surface area contributed by atoms with Gasteiger partial charge in [-0.05, 0) is 36.4 Å². The fraction of sp³-hybridized carbons (Fsp3) is 0.0233. The standard InChI is InChI=1S/C43H28N4O2/c1-44-43(28-15-6-3-7-16-28)46-35(27-13-4-2-5-14-27)26-45-30-18-12-17-29(25-30)39-38-33-20-9-11-22-37(33)48-41(38)34-24-23-32-31-19-8-10-21-36(31)49-42(32)40(34)47-39/h2-26H,1H3/b44-43-,45-26+,46-35+. The van der Waals surface area contributed by atoms with Crippen LogP contribution in [0.2, 0.25) is 0 Å². The summed E-state index contributed by atoms with van der Waals surface area (Å²) >= 11 is 0. The zero-order valence-electron chi connectivity index (χ0n) is 26.5. The van der Waals surface area contributed by atoms with Crippen molar-refractivity contribution in [1.29, 1.82) is 0 Å². The fourth-order valence-electron chi connectivity index (χ4n) is 6.51. The molecule has 0 unspecified atom stereocenters. The monoisotopic (exact) mass is 632 g/mol. The van der Waals surface area contributed by atoms with Crippen LogP contribution in [0.5, 0.6) is 0 Å². The van der Waals surface area contributed by atoms with Gasteiger partial charge in [-0.3, -0.25) is 9.98 Å². The quantitative estimate of drug-likeness (QED) is 0.140. The van der Waals surface area contributed by atoms with Crippen LogP contribution < -0.4 is 0 Å². The molecule has 0 aliphatic rings. The molecule has 0 saturated heterocycles. The molecule has 3 heterocycles. The molecule has 0 atom stereocenters. The molecule has 0 amide bonds. The van der Waals surface area contributed by atoms with Crippen LogP contribution in [-0.4, -0.2) is 29.8 Å². The number of fused-ring (bicyclic) bond motifs is 9. The third-order valence-electron chi connectivity index (χ3n) is 8.82. The molecule has 0 spiro atoms. The van der Waals surface area contributed by atoms with Crippen LogP contribution in [0.4, 0.5) is 5.69 Å². The zero-order chi connectivity index (χ0) is 32.7.